The summed E-state index contributed by atoms with van der Waals surface area (Å²) in [7, 11) is 0. The fourth-order valence-corrected chi connectivity index (χ4v) is 0.765. The van der Waals surface area contributed by atoms with Crippen LogP contribution in [0.15, 0.2) is 0 Å². The Labute approximate surface area is 88.8 Å². The van der Waals surface area contributed by atoms with Gasteiger partial charge in [0.05, 0.1) is 19.6 Å². The van der Waals surface area contributed by atoms with Gasteiger partial charge in [0.15, 0.2) is 0 Å². The first kappa shape index (κ1) is 13.6. The van der Waals surface area contributed by atoms with E-state index in [1.807, 2.05) is 6.92 Å². The maximum absolute atomic E-state index is 11.0. The summed E-state index contributed by atoms with van der Waals surface area (Å²) < 4.78 is 0. The van der Waals surface area contributed by atoms with Crippen molar-refractivity contribution in [3.63, 3.8) is 0 Å². The van der Waals surface area contributed by atoms with Gasteiger partial charge < -0.3 is 16.0 Å². The van der Waals surface area contributed by atoms with Crippen molar-refractivity contribution >= 4 is 17.6 Å². The largest absolute Gasteiger partial charge is 0.348 e. The van der Waals surface area contributed by atoms with Crippen LogP contribution in [-0.4, -0.2) is 43.8 Å². The minimum absolute atomic E-state index is 0.00190. The van der Waals surface area contributed by atoms with E-state index in [1.54, 1.807) is 0 Å². The molecule has 6 nitrogen and oxygen atoms in total. The number of nitrogens with one attached hydrogen (secondary N) is 3. The third-order valence-electron chi connectivity index (χ3n) is 1.52. The molecule has 0 aliphatic heterocycles. The van der Waals surface area contributed by atoms with Crippen LogP contribution in [0.5, 0.6) is 0 Å². The second-order valence-corrected chi connectivity index (χ2v) is 3.04. The first-order chi connectivity index (χ1) is 7.06. The lowest BCUT2D eigenvalue weighted by molar-refractivity contribution is -0.126. The van der Waals surface area contributed by atoms with Crippen molar-refractivity contribution in [1.29, 1.82) is 0 Å². The molecule has 2 amide bonds. The van der Waals surface area contributed by atoms with Gasteiger partial charge in [0, 0.05) is 0 Å². The number of rotatable bonds is 7. The smallest absolute Gasteiger partial charge is 0.239 e. The van der Waals surface area contributed by atoms with Gasteiger partial charge in [-0.3, -0.25) is 14.4 Å². The molecule has 0 aromatic rings. The van der Waals surface area contributed by atoms with Gasteiger partial charge in [0.25, 0.3) is 0 Å². The molecule has 6 heteroatoms. The van der Waals surface area contributed by atoms with Crippen LogP contribution in [0.4, 0.5) is 0 Å². The molecule has 0 bridgehead atoms. The predicted molar refractivity (Wildman–Crippen MR) is 55.2 cm³/mol. The average Bonchev–Trinajstić information content (AvgIpc) is 2.20. The summed E-state index contributed by atoms with van der Waals surface area (Å²) in [5.41, 5.74) is 0. The predicted octanol–water partition coefficient (Wildman–Crippen LogP) is -1.58. The minimum atomic E-state index is -0.366. The minimum Gasteiger partial charge on any atom is -0.348 e. The molecule has 0 fully saturated rings. The highest BCUT2D eigenvalue weighted by atomic mass is 16.2. The van der Waals surface area contributed by atoms with Crippen molar-refractivity contribution in [2.24, 2.45) is 0 Å². The summed E-state index contributed by atoms with van der Waals surface area (Å²) in [6, 6.07) is 0. The Morgan fingerprint density at radius 1 is 0.933 bits per heavy atom. The van der Waals surface area contributed by atoms with Gasteiger partial charge in [-0.15, -0.1) is 0 Å². The van der Waals surface area contributed by atoms with Crippen LogP contribution in [0.3, 0.4) is 0 Å². The maximum Gasteiger partial charge on any atom is 0.239 e. The van der Waals surface area contributed by atoms with Crippen molar-refractivity contribution in [1.82, 2.24) is 16.0 Å². The highest BCUT2D eigenvalue weighted by Crippen LogP contribution is 1.69. The number of carbonyl (C=O) groups is 3. The summed E-state index contributed by atoms with van der Waals surface area (Å²) >= 11 is 0. The summed E-state index contributed by atoms with van der Waals surface area (Å²) in [6.07, 6.45) is 0. The number of hydrogen-bond acceptors (Lipinski definition) is 4. The Bertz CT molecular complexity index is 241. The number of amides is 2. The lowest BCUT2D eigenvalue weighted by Crippen LogP contribution is -2.41. The topological polar surface area (TPSA) is 87.3 Å². The highest BCUT2D eigenvalue weighted by molar-refractivity contribution is 5.88. The third kappa shape index (κ3) is 8.89. The van der Waals surface area contributed by atoms with Crippen LogP contribution < -0.4 is 16.0 Å². The number of Topliss-reactive ketones (excluding diaryl/α,β-unsaturated/α-hetero) is 1. The van der Waals surface area contributed by atoms with Crippen LogP contribution in [0.25, 0.3) is 0 Å². The molecule has 0 aliphatic rings. The molecule has 0 rings (SSSR count). The highest BCUT2D eigenvalue weighted by Gasteiger charge is 2.04. The molecule has 0 atom stereocenters. The summed E-state index contributed by atoms with van der Waals surface area (Å²) in [4.78, 5) is 32.6. The van der Waals surface area contributed by atoms with E-state index in [9.17, 15) is 14.4 Å². The standard InChI is InChI=1S/C9H17N3O3/c1-3-10-5-8(14)12-6-9(15)11-4-7(2)13/h10H,3-6H2,1-2H3,(H,11,15)(H,12,14). The molecule has 0 spiro atoms. The SMILES string of the molecule is CCNCC(=O)NCC(=O)NCC(C)=O. The Morgan fingerprint density at radius 2 is 1.47 bits per heavy atom. The van der Waals surface area contributed by atoms with Gasteiger partial charge in [-0.1, -0.05) is 6.92 Å². The van der Waals surface area contributed by atoms with E-state index in [1.165, 1.54) is 6.92 Å². The van der Waals surface area contributed by atoms with E-state index in [4.69, 9.17) is 0 Å². The van der Waals surface area contributed by atoms with Gasteiger partial charge in [0.2, 0.25) is 11.8 Å². The average molecular weight is 215 g/mol. The molecule has 0 aliphatic carbocycles. The van der Waals surface area contributed by atoms with E-state index in [2.05, 4.69) is 16.0 Å². The van der Waals surface area contributed by atoms with Gasteiger partial charge in [0.1, 0.15) is 5.78 Å². The monoisotopic (exact) mass is 215 g/mol. The van der Waals surface area contributed by atoms with E-state index < -0.39 is 0 Å². The van der Waals surface area contributed by atoms with E-state index >= 15 is 0 Å². The van der Waals surface area contributed by atoms with Gasteiger partial charge in [-0.2, -0.15) is 0 Å². The molecule has 0 aromatic carbocycles. The number of ketones is 1. The molecule has 3 N–H and O–H groups in total. The first-order valence-electron chi connectivity index (χ1n) is 4.79. The number of carbonyl (C=O) groups excluding carboxylic acids is 3. The first-order valence-corrected chi connectivity index (χ1v) is 4.79. The maximum atomic E-state index is 11.0. The van der Waals surface area contributed by atoms with Gasteiger partial charge in [-0.05, 0) is 13.5 Å². The second-order valence-electron chi connectivity index (χ2n) is 3.04. The Balaban J connectivity index is 3.53. The zero-order valence-electron chi connectivity index (χ0n) is 9.05. The number of likely N-dealkylation sites (N-methyl/N-ethyl adjacent to an activating group) is 1. The van der Waals surface area contributed by atoms with Crippen molar-refractivity contribution in [2.75, 3.05) is 26.2 Å². The summed E-state index contributed by atoms with van der Waals surface area (Å²) in [5.74, 6) is -0.729. The fraction of sp³-hybridized carbons (Fsp3) is 0.667. The van der Waals surface area contributed by atoms with Crippen molar-refractivity contribution in [3.8, 4) is 0 Å². The molecular formula is C9H17N3O3. The van der Waals surface area contributed by atoms with Gasteiger partial charge >= 0.3 is 0 Å². The molecule has 86 valence electrons. The lowest BCUT2D eigenvalue weighted by atomic mass is 10.4. The molecule has 15 heavy (non-hydrogen) atoms. The second kappa shape index (κ2) is 7.93. The van der Waals surface area contributed by atoms with Crippen molar-refractivity contribution < 1.29 is 14.4 Å². The Hall–Kier alpha value is -1.43. The van der Waals surface area contributed by atoms with Crippen LogP contribution >= 0.6 is 0 Å². The zero-order chi connectivity index (χ0) is 11.7. The molecule has 0 radical (unpaired) electrons. The van der Waals surface area contributed by atoms with Crippen molar-refractivity contribution in [3.05, 3.63) is 0 Å². The molecule has 0 saturated heterocycles. The van der Waals surface area contributed by atoms with Crippen LogP contribution in [-0.2, 0) is 14.4 Å². The fourth-order valence-electron chi connectivity index (χ4n) is 0.765. The van der Waals surface area contributed by atoms with Crippen LogP contribution in [0, 0.1) is 0 Å². The molecule has 0 heterocycles. The molecule has 0 unspecified atom stereocenters. The summed E-state index contributed by atoms with van der Waals surface area (Å²) in [6.45, 7) is 4.05. The van der Waals surface area contributed by atoms with Crippen LogP contribution in [0.1, 0.15) is 13.8 Å². The Morgan fingerprint density at radius 3 is 2.00 bits per heavy atom. The quantitative estimate of drug-likeness (QED) is 0.478. The van der Waals surface area contributed by atoms with Crippen molar-refractivity contribution in [2.45, 2.75) is 13.8 Å². The molecular weight excluding hydrogens is 198 g/mol. The Kier molecular flexibility index (Phi) is 7.17. The zero-order valence-corrected chi connectivity index (χ0v) is 9.05. The molecule has 0 saturated carbocycles. The van der Waals surface area contributed by atoms with Crippen LogP contribution in [0.2, 0.25) is 0 Å². The third-order valence-corrected chi connectivity index (χ3v) is 1.52. The normalized spacial score (nSPS) is 9.47. The van der Waals surface area contributed by atoms with E-state index in [-0.39, 0.29) is 37.2 Å². The van der Waals surface area contributed by atoms with E-state index in [0.29, 0.717) is 6.54 Å². The summed E-state index contributed by atoms with van der Waals surface area (Å²) in [5, 5.41) is 7.61. The lowest BCUT2D eigenvalue weighted by Gasteiger charge is -2.05. The molecule has 0 aromatic heterocycles. The number of hydrogen-bond donors (Lipinski definition) is 3. The van der Waals surface area contributed by atoms with E-state index in [0.717, 1.165) is 0 Å². The van der Waals surface area contributed by atoms with Gasteiger partial charge in [-0.25, -0.2) is 0 Å².